The van der Waals surface area contributed by atoms with Crippen LogP contribution in [0.1, 0.15) is 189 Å². The van der Waals surface area contributed by atoms with Crippen molar-refractivity contribution in [2.75, 3.05) is 0 Å². The number of ketones is 1. The minimum absolute atomic E-state index is 0.0638. The highest BCUT2D eigenvalue weighted by Crippen LogP contribution is 2.26. The second-order valence-corrected chi connectivity index (χ2v) is 14.2. The fourth-order valence-electron chi connectivity index (χ4n) is 6.14. The van der Waals surface area contributed by atoms with Crippen LogP contribution < -0.4 is 5.73 Å². The summed E-state index contributed by atoms with van der Waals surface area (Å²) in [5, 5.41) is 18.3. The van der Waals surface area contributed by atoms with Crippen LogP contribution in [0.15, 0.2) is 48.5 Å². The maximum Gasteiger partial charge on any atom is 0.339 e. The van der Waals surface area contributed by atoms with Gasteiger partial charge >= 0.3 is 5.97 Å². The lowest BCUT2D eigenvalue weighted by molar-refractivity contribution is 0.0693. The van der Waals surface area contributed by atoms with Crippen molar-refractivity contribution in [1.82, 2.24) is 0 Å². The van der Waals surface area contributed by atoms with E-state index in [-0.39, 0.29) is 22.6 Å². The van der Waals surface area contributed by atoms with Crippen LogP contribution in [0.5, 0.6) is 5.75 Å². The number of nitrogens with two attached hydrogens (primary N) is 1. The summed E-state index contributed by atoms with van der Waals surface area (Å²) in [6, 6.07) is 14.8. The number of hydrogen-bond donors (Lipinski definition) is 3. The van der Waals surface area contributed by atoms with E-state index in [0.29, 0.717) is 17.9 Å². The molecule has 0 heterocycles. The van der Waals surface area contributed by atoms with Gasteiger partial charge in [-0.2, -0.15) is 0 Å². The number of carbonyl (C=O) groups excluding carboxylic acids is 1. The van der Waals surface area contributed by atoms with Crippen LogP contribution in [0.2, 0.25) is 0 Å². The van der Waals surface area contributed by atoms with E-state index in [1.807, 2.05) is 0 Å². The van der Waals surface area contributed by atoms with Gasteiger partial charge in [0, 0.05) is 17.5 Å². The van der Waals surface area contributed by atoms with Crippen LogP contribution >= 0.6 is 0 Å². The summed E-state index contributed by atoms with van der Waals surface area (Å²) in [6.07, 6.45) is 27.7. The van der Waals surface area contributed by atoms with Gasteiger partial charge in [0.25, 0.3) is 0 Å². The number of carbonyl (C=O) groups is 2. The summed E-state index contributed by atoms with van der Waals surface area (Å²) in [7, 11) is 0. The van der Waals surface area contributed by atoms with Gasteiger partial charge in [-0.3, -0.25) is 4.79 Å². The number of carboxylic acids is 1. The van der Waals surface area contributed by atoms with Crippen LogP contribution in [0, 0.1) is 5.92 Å². The van der Waals surface area contributed by atoms with Gasteiger partial charge in [0.15, 0.2) is 5.78 Å². The number of rotatable bonds is 26. The lowest BCUT2D eigenvalue weighted by atomic mass is 9.80. The van der Waals surface area contributed by atoms with Crippen molar-refractivity contribution in [3.63, 3.8) is 0 Å². The lowest BCUT2D eigenvalue weighted by Crippen LogP contribution is -2.42. The molecule has 0 amide bonds. The number of carboxylic acid groups (broad SMARTS) is 1. The Bertz CT molecular complexity index is 1080. The smallest absolute Gasteiger partial charge is 0.339 e. The van der Waals surface area contributed by atoms with Gasteiger partial charge in [0.05, 0.1) is 0 Å². The highest BCUT2D eigenvalue weighted by molar-refractivity contribution is 5.99. The van der Waals surface area contributed by atoms with Crippen LogP contribution in [0.25, 0.3) is 0 Å². The Morgan fingerprint density at radius 1 is 0.681 bits per heavy atom. The molecule has 2 aromatic carbocycles. The maximum absolute atomic E-state index is 12.0. The molecule has 1 atom stereocenters. The summed E-state index contributed by atoms with van der Waals surface area (Å²) in [5.74, 6) is -1.02. The van der Waals surface area contributed by atoms with Crippen molar-refractivity contribution >= 4 is 11.8 Å². The number of phenols is 1. The van der Waals surface area contributed by atoms with Gasteiger partial charge in [-0.15, -0.1) is 0 Å². The Balaban J connectivity index is 0.000000481. The maximum atomic E-state index is 12.0. The highest BCUT2D eigenvalue weighted by Gasteiger charge is 2.24. The van der Waals surface area contributed by atoms with Crippen LogP contribution in [0.4, 0.5) is 0 Å². The first-order valence-electron chi connectivity index (χ1n) is 19.0. The average molecular weight is 652 g/mol. The molecule has 0 aliphatic heterocycles. The van der Waals surface area contributed by atoms with Gasteiger partial charge < -0.3 is 15.9 Å². The van der Waals surface area contributed by atoms with Crippen molar-refractivity contribution in [2.24, 2.45) is 11.7 Å². The quantitative estimate of drug-likeness (QED) is 0.0694. The Kier molecular flexibility index (Phi) is 23.7. The summed E-state index contributed by atoms with van der Waals surface area (Å²) in [6.45, 7) is 8.86. The van der Waals surface area contributed by atoms with Crippen LogP contribution in [-0.4, -0.2) is 27.5 Å². The average Bonchev–Trinajstić information content (AvgIpc) is 3.04. The first-order valence-corrected chi connectivity index (χ1v) is 19.0. The molecule has 4 N–H and O–H groups in total. The van der Waals surface area contributed by atoms with Crippen molar-refractivity contribution in [3.8, 4) is 5.75 Å². The lowest BCUT2D eigenvalue weighted by Gasteiger charge is -2.31. The number of benzene rings is 2. The van der Waals surface area contributed by atoms with E-state index in [4.69, 9.17) is 10.8 Å². The zero-order chi connectivity index (χ0) is 34.8. The number of unbranched alkanes of at least 4 members (excludes halogenated alkanes) is 17. The molecule has 2 aromatic rings. The molecule has 0 radical (unpaired) electrons. The predicted molar refractivity (Wildman–Crippen MR) is 200 cm³/mol. The van der Waals surface area contributed by atoms with E-state index in [2.05, 4.69) is 58.0 Å². The van der Waals surface area contributed by atoms with Gasteiger partial charge in [0.2, 0.25) is 0 Å². The third kappa shape index (κ3) is 21.0. The number of aromatic hydroxyl groups is 1. The van der Waals surface area contributed by atoms with Gasteiger partial charge in [-0.05, 0) is 62.8 Å². The molecular formula is C42H69NO4. The molecule has 0 saturated heterocycles. The molecule has 266 valence electrons. The van der Waals surface area contributed by atoms with Crippen LogP contribution in [-0.2, 0) is 6.42 Å². The second-order valence-electron chi connectivity index (χ2n) is 14.2. The molecule has 1 unspecified atom stereocenters. The summed E-state index contributed by atoms with van der Waals surface area (Å²) in [4.78, 5) is 22.9. The monoisotopic (exact) mass is 652 g/mol. The molecule has 0 aliphatic rings. The Hall–Kier alpha value is -2.66. The van der Waals surface area contributed by atoms with E-state index in [0.717, 1.165) is 25.7 Å². The van der Waals surface area contributed by atoms with Crippen molar-refractivity contribution in [1.29, 1.82) is 0 Å². The molecule has 47 heavy (non-hydrogen) atoms. The van der Waals surface area contributed by atoms with E-state index in [9.17, 15) is 14.7 Å². The molecule has 2 rings (SSSR count). The Morgan fingerprint density at radius 2 is 1.15 bits per heavy atom. The molecule has 0 saturated carbocycles. The largest absolute Gasteiger partial charge is 0.507 e. The van der Waals surface area contributed by atoms with Crippen molar-refractivity contribution < 1.29 is 19.8 Å². The molecule has 0 aliphatic carbocycles. The van der Waals surface area contributed by atoms with Gasteiger partial charge in [-0.25, -0.2) is 4.79 Å². The van der Waals surface area contributed by atoms with Crippen LogP contribution in [0.3, 0.4) is 0 Å². The normalized spacial score (nSPS) is 11.9. The second kappa shape index (κ2) is 26.3. The summed E-state index contributed by atoms with van der Waals surface area (Å²) >= 11 is 0. The summed E-state index contributed by atoms with van der Waals surface area (Å²) in [5.41, 5.74) is 7.94. The summed E-state index contributed by atoms with van der Waals surface area (Å²) < 4.78 is 0. The molecule has 0 fully saturated rings. The fourth-order valence-corrected chi connectivity index (χ4v) is 6.14. The van der Waals surface area contributed by atoms with Gasteiger partial charge in [0.1, 0.15) is 11.3 Å². The number of hydrogen-bond acceptors (Lipinski definition) is 4. The molecule has 5 heteroatoms. The standard InChI is InChI=1S/C25H45N.C17H24O4/c1-4-5-6-7-8-9-10-11-12-13-14-18-21-24(25(2,3)26)22-23-19-16-15-17-20-23;1-2-3-4-5-6-7-8-9-15(18)13-10-11-16(19)14(12-13)17(20)21/h15-17,19-20,24H,4-14,18,21-22,26H2,1-3H3;10-12,19H,2-9H2,1H3,(H,20,21). The van der Waals surface area contributed by atoms with Crippen molar-refractivity contribution in [2.45, 2.75) is 174 Å². The number of aromatic carboxylic acids is 1. The molecule has 5 nitrogen and oxygen atoms in total. The minimum Gasteiger partial charge on any atom is -0.507 e. The highest BCUT2D eigenvalue weighted by atomic mass is 16.4. The predicted octanol–water partition coefficient (Wildman–Crippen LogP) is 12.1. The van der Waals surface area contributed by atoms with E-state index in [1.165, 1.54) is 133 Å². The zero-order valence-corrected chi connectivity index (χ0v) is 30.5. The van der Waals surface area contributed by atoms with E-state index >= 15 is 0 Å². The number of Topliss-reactive ketones (excluding diaryl/α,β-unsaturated/α-hetero) is 1. The van der Waals surface area contributed by atoms with E-state index < -0.39 is 5.97 Å². The molecule has 0 bridgehead atoms. The minimum atomic E-state index is -1.22. The van der Waals surface area contributed by atoms with Gasteiger partial charge in [-0.1, -0.05) is 160 Å². The third-order valence-corrected chi connectivity index (χ3v) is 9.34. The van der Waals surface area contributed by atoms with E-state index in [1.54, 1.807) is 0 Å². The molecule has 0 spiro atoms. The fraction of sp³-hybridized carbons (Fsp3) is 0.667. The molecule has 0 aromatic heterocycles. The first-order chi connectivity index (χ1) is 22.6. The SMILES string of the molecule is CCCCCCCCCC(=O)c1ccc(O)c(C(=O)O)c1.CCCCCCCCCCCCCCC(Cc1ccccc1)C(C)(C)N. The Labute approximate surface area is 288 Å². The first kappa shape index (κ1) is 42.4. The zero-order valence-electron chi connectivity index (χ0n) is 30.5. The van der Waals surface area contributed by atoms with Crippen molar-refractivity contribution in [3.05, 3.63) is 65.2 Å². The Morgan fingerprint density at radius 3 is 1.62 bits per heavy atom. The topological polar surface area (TPSA) is 101 Å². The molecular weight excluding hydrogens is 582 g/mol. The third-order valence-electron chi connectivity index (χ3n) is 9.34.